The highest BCUT2D eigenvalue weighted by Crippen LogP contribution is 2.18. The summed E-state index contributed by atoms with van der Waals surface area (Å²) in [6.07, 6.45) is 86.7. The van der Waals surface area contributed by atoms with E-state index in [2.05, 4.69) is 81.5 Å². The Morgan fingerprint density at radius 3 is 0.785 bits per heavy atom. The first-order valence-electron chi connectivity index (χ1n) is 34.8. The van der Waals surface area contributed by atoms with Crippen molar-refractivity contribution in [2.45, 2.75) is 374 Å². The van der Waals surface area contributed by atoms with Gasteiger partial charge in [0.25, 0.3) is 0 Å². The monoisotopic (exact) mass is 1110 g/mol. The molecule has 0 aromatic rings. The first kappa shape index (κ1) is 76.1. The third-order valence-corrected chi connectivity index (χ3v) is 15.5. The molecule has 0 aliphatic carbocycles. The van der Waals surface area contributed by atoms with E-state index in [0.29, 0.717) is 19.3 Å². The van der Waals surface area contributed by atoms with E-state index >= 15 is 0 Å². The number of rotatable bonds is 64. The van der Waals surface area contributed by atoms with E-state index in [0.717, 1.165) is 89.9 Å². The maximum absolute atomic E-state index is 13.0. The van der Waals surface area contributed by atoms with Crippen molar-refractivity contribution in [1.82, 2.24) is 0 Å². The fourth-order valence-corrected chi connectivity index (χ4v) is 10.3. The molecule has 0 radical (unpaired) electrons. The smallest absolute Gasteiger partial charge is 0.306 e. The van der Waals surface area contributed by atoms with Crippen LogP contribution in [0.25, 0.3) is 0 Å². The van der Waals surface area contributed by atoms with Crippen LogP contribution in [0, 0.1) is 0 Å². The van der Waals surface area contributed by atoms with Gasteiger partial charge in [0.2, 0.25) is 0 Å². The number of esters is 3. The Bertz CT molecular complexity index is 1410. The molecule has 79 heavy (non-hydrogen) atoms. The quantitative estimate of drug-likeness (QED) is 0.0261. The molecule has 6 heteroatoms. The molecular formula is C73H132O6. The molecule has 0 N–H and O–H groups in total. The summed E-state index contributed by atoms with van der Waals surface area (Å²) in [5, 5.41) is 0. The molecule has 0 aromatic heterocycles. The minimum absolute atomic E-state index is 0.0753. The average Bonchev–Trinajstić information content (AvgIpc) is 3.45. The van der Waals surface area contributed by atoms with Gasteiger partial charge in [0, 0.05) is 19.3 Å². The number of carbonyl (C=O) groups is 3. The zero-order chi connectivity index (χ0) is 57.1. The van der Waals surface area contributed by atoms with Crippen LogP contribution in [0.1, 0.15) is 367 Å². The average molecular weight is 1110 g/mol. The summed E-state index contributed by atoms with van der Waals surface area (Å²) in [7, 11) is 0. The lowest BCUT2D eigenvalue weighted by Crippen LogP contribution is -2.30. The van der Waals surface area contributed by atoms with Crippen LogP contribution >= 0.6 is 0 Å². The molecule has 0 amide bonds. The summed E-state index contributed by atoms with van der Waals surface area (Å²) in [5.74, 6) is -0.862. The van der Waals surface area contributed by atoms with Gasteiger partial charge in [0.1, 0.15) is 13.2 Å². The minimum atomic E-state index is -0.779. The number of unbranched alkanes of at least 4 members (excludes halogenated alkanes) is 43. The Hall–Kier alpha value is -2.89. The van der Waals surface area contributed by atoms with Crippen LogP contribution in [0.2, 0.25) is 0 Å². The Morgan fingerprint density at radius 1 is 0.266 bits per heavy atom. The predicted octanol–water partition coefficient (Wildman–Crippen LogP) is 23.9. The van der Waals surface area contributed by atoms with Crippen LogP contribution in [0.15, 0.2) is 60.8 Å². The van der Waals surface area contributed by atoms with Crippen molar-refractivity contribution in [3.63, 3.8) is 0 Å². The Labute approximate surface area is 491 Å². The second-order valence-electron chi connectivity index (χ2n) is 23.4. The van der Waals surface area contributed by atoms with Crippen LogP contribution in [-0.4, -0.2) is 37.2 Å². The number of carbonyl (C=O) groups excluding carboxylic acids is 3. The molecule has 0 spiro atoms. The lowest BCUT2D eigenvalue weighted by atomic mass is 10.0. The van der Waals surface area contributed by atoms with E-state index < -0.39 is 6.10 Å². The first-order chi connectivity index (χ1) is 39.0. The maximum Gasteiger partial charge on any atom is 0.306 e. The van der Waals surface area contributed by atoms with Gasteiger partial charge in [-0.3, -0.25) is 14.4 Å². The third-order valence-electron chi connectivity index (χ3n) is 15.5. The standard InChI is InChI=1S/C73H132O6/c1-4-7-10-13-16-19-22-25-28-31-33-35-37-39-40-42-45-48-51-54-57-60-63-66-72(75)78-69-70(68-77-71(74)65-62-59-56-53-50-47-44-30-27-24-21-18-15-12-9-6-3)79-73(76)67-64-61-58-55-52-49-46-43-41-38-36-34-32-29-26-23-20-17-14-11-8-5-2/h7,10,16,19,25,28,30,33,35,44,70H,4-6,8-9,11-15,17-18,20-24,26-27,29,31-32,34,36-43,45-69H2,1-3H3/b10-7-,19-16-,28-25-,35-33-,44-30-. The van der Waals surface area contributed by atoms with E-state index in [1.807, 2.05) is 0 Å². The SMILES string of the molecule is CC/C=C\C/C=C\C/C=C\C/C=C\CCCCCCCCCCCCC(=O)OCC(COC(=O)CCCCCCC/C=C\CCCCCCCCC)OC(=O)CCCCCCCCCCCCCCCCCCCCCCCC. The molecule has 1 atom stereocenters. The summed E-state index contributed by atoms with van der Waals surface area (Å²) in [6, 6.07) is 0. The van der Waals surface area contributed by atoms with Crippen molar-refractivity contribution < 1.29 is 28.6 Å². The molecule has 0 aliphatic heterocycles. The van der Waals surface area contributed by atoms with E-state index in [-0.39, 0.29) is 31.1 Å². The Balaban J connectivity index is 4.32. The van der Waals surface area contributed by atoms with Crippen molar-refractivity contribution in [1.29, 1.82) is 0 Å². The first-order valence-corrected chi connectivity index (χ1v) is 34.8. The van der Waals surface area contributed by atoms with Gasteiger partial charge in [-0.2, -0.15) is 0 Å². The topological polar surface area (TPSA) is 78.9 Å². The van der Waals surface area contributed by atoms with Gasteiger partial charge in [-0.15, -0.1) is 0 Å². The second kappa shape index (κ2) is 67.6. The molecule has 6 nitrogen and oxygen atoms in total. The third kappa shape index (κ3) is 65.8. The molecule has 0 saturated carbocycles. The van der Waals surface area contributed by atoms with Gasteiger partial charge < -0.3 is 14.2 Å². The fraction of sp³-hybridized carbons (Fsp3) is 0.822. The van der Waals surface area contributed by atoms with Gasteiger partial charge >= 0.3 is 17.9 Å². The Kier molecular flexibility index (Phi) is 65.1. The van der Waals surface area contributed by atoms with Crippen molar-refractivity contribution in [2.24, 2.45) is 0 Å². The number of ether oxygens (including phenoxy) is 3. The summed E-state index contributed by atoms with van der Waals surface area (Å²) < 4.78 is 17.0. The lowest BCUT2D eigenvalue weighted by molar-refractivity contribution is -0.167. The molecule has 0 saturated heterocycles. The van der Waals surface area contributed by atoms with Crippen LogP contribution in [0.4, 0.5) is 0 Å². The normalized spacial score (nSPS) is 12.4. The maximum atomic E-state index is 13.0. The van der Waals surface area contributed by atoms with Gasteiger partial charge in [0.05, 0.1) is 0 Å². The van der Waals surface area contributed by atoms with E-state index in [1.165, 1.54) is 238 Å². The van der Waals surface area contributed by atoms with Crippen LogP contribution < -0.4 is 0 Å². The summed E-state index contributed by atoms with van der Waals surface area (Å²) >= 11 is 0. The second-order valence-corrected chi connectivity index (χ2v) is 23.4. The van der Waals surface area contributed by atoms with Gasteiger partial charge in [-0.25, -0.2) is 0 Å². The molecule has 0 aliphatic rings. The van der Waals surface area contributed by atoms with Crippen molar-refractivity contribution in [3.8, 4) is 0 Å². The van der Waals surface area contributed by atoms with Gasteiger partial charge in [-0.1, -0.05) is 326 Å². The molecule has 0 fully saturated rings. The highest BCUT2D eigenvalue weighted by molar-refractivity contribution is 5.71. The van der Waals surface area contributed by atoms with Gasteiger partial charge in [-0.05, 0) is 83.5 Å². The zero-order valence-corrected chi connectivity index (χ0v) is 52.9. The number of hydrogen-bond donors (Lipinski definition) is 0. The number of hydrogen-bond acceptors (Lipinski definition) is 6. The van der Waals surface area contributed by atoms with Gasteiger partial charge in [0.15, 0.2) is 6.10 Å². The fourth-order valence-electron chi connectivity index (χ4n) is 10.3. The highest BCUT2D eigenvalue weighted by Gasteiger charge is 2.19. The van der Waals surface area contributed by atoms with Crippen molar-refractivity contribution in [2.75, 3.05) is 13.2 Å². The molecule has 1 unspecified atom stereocenters. The van der Waals surface area contributed by atoms with Crippen molar-refractivity contribution in [3.05, 3.63) is 60.8 Å². The van der Waals surface area contributed by atoms with Crippen molar-refractivity contribution >= 4 is 17.9 Å². The summed E-state index contributed by atoms with van der Waals surface area (Å²) in [5.41, 5.74) is 0. The highest BCUT2D eigenvalue weighted by atomic mass is 16.6. The molecule has 0 rings (SSSR count). The Morgan fingerprint density at radius 2 is 0.494 bits per heavy atom. The zero-order valence-electron chi connectivity index (χ0n) is 52.9. The number of allylic oxidation sites excluding steroid dienone is 10. The van der Waals surface area contributed by atoms with E-state index in [1.54, 1.807) is 0 Å². The van der Waals surface area contributed by atoms with Crippen LogP contribution in [0.3, 0.4) is 0 Å². The van der Waals surface area contributed by atoms with Crippen LogP contribution in [0.5, 0.6) is 0 Å². The largest absolute Gasteiger partial charge is 0.462 e. The molecule has 0 bridgehead atoms. The molecule has 460 valence electrons. The summed E-state index contributed by atoms with van der Waals surface area (Å²) in [4.78, 5) is 38.5. The van der Waals surface area contributed by atoms with Crippen LogP contribution in [-0.2, 0) is 28.6 Å². The predicted molar refractivity (Wildman–Crippen MR) is 344 cm³/mol. The molecule has 0 heterocycles. The lowest BCUT2D eigenvalue weighted by Gasteiger charge is -2.18. The summed E-state index contributed by atoms with van der Waals surface area (Å²) in [6.45, 7) is 6.58. The van der Waals surface area contributed by atoms with E-state index in [9.17, 15) is 14.4 Å². The van der Waals surface area contributed by atoms with E-state index in [4.69, 9.17) is 14.2 Å². The minimum Gasteiger partial charge on any atom is -0.462 e. The molecule has 0 aromatic carbocycles. The molecular weight excluding hydrogens is 973 g/mol.